The maximum atomic E-state index is 12.1. The Balaban J connectivity index is 2.12. The van der Waals surface area contributed by atoms with Gasteiger partial charge >= 0.3 is 0 Å². The molecule has 1 atom stereocenters. The van der Waals surface area contributed by atoms with Crippen molar-refractivity contribution in [3.8, 4) is 0 Å². The largest absolute Gasteiger partial charge is 0.330 e. The van der Waals surface area contributed by atoms with Crippen LogP contribution in [0.4, 0.5) is 4.39 Å². The summed E-state index contributed by atoms with van der Waals surface area (Å²) < 4.78 is 12.1. The zero-order valence-corrected chi connectivity index (χ0v) is 5.65. The van der Waals surface area contributed by atoms with Gasteiger partial charge < -0.3 is 5.73 Å². The molecule has 1 saturated carbocycles. The zero-order valence-electron chi connectivity index (χ0n) is 5.65. The van der Waals surface area contributed by atoms with Gasteiger partial charge in [-0.2, -0.15) is 0 Å². The molecule has 1 aliphatic carbocycles. The summed E-state index contributed by atoms with van der Waals surface area (Å²) in [5, 5.41) is 0. The van der Waals surface area contributed by atoms with Crippen LogP contribution in [0.15, 0.2) is 0 Å². The normalized spacial score (nSPS) is 22.0. The van der Waals surface area contributed by atoms with Gasteiger partial charge in [0, 0.05) is 0 Å². The molecule has 0 spiro atoms. The smallest absolute Gasteiger partial charge is 0.0925 e. The third kappa shape index (κ3) is 1.94. The van der Waals surface area contributed by atoms with Gasteiger partial charge in [0.15, 0.2) is 0 Å². The molecule has 1 rings (SSSR count). The maximum absolute atomic E-state index is 12.1. The molecule has 0 aromatic heterocycles. The highest BCUT2D eigenvalue weighted by Gasteiger charge is 2.30. The molecule has 0 amide bonds. The van der Waals surface area contributed by atoms with Gasteiger partial charge in [-0.3, -0.25) is 4.39 Å². The van der Waals surface area contributed by atoms with Crippen LogP contribution >= 0.6 is 0 Å². The minimum atomic E-state index is -0.165. The lowest BCUT2D eigenvalue weighted by atomic mass is 10.0. The molecule has 0 saturated heterocycles. The summed E-state index contributed by atoms with van der Waals surface area (Å²) >= 11 is 0. The van der Waals surface area contributed by atoms with Gasteiger partial charge in [0.25, 0.3) is 0 Å². The average Bonchev–Trinajstić information content (AvgIpc) is 2.64. The SMILES string of the molecule is NCCC(CF)C1CC1. The Labute approximate surface area is 55.4 Å². The van der Waals surface area contributed by atoms with Crippen LogP contribution < -0.4 is 5.73 Å². The van der Waals surface area contributed by atoms with E-state index < -0.39 is 0 Å². The Kier molecular flexibility index (Phi) is 2.46. The van der Waals surface area contributed by atoms with E-state index in [2.05, 4.69) is 0 Å². The van der Waals surface area contributed by atoms with Gasteiger partial charge in [0.1, 0.15) is 0 Å². The Morgan fingerprint density at radius 1 is 1.56 bits per heavy atom. The van der Waals surface area contributed by atoms with Gasteiger partial charge in [-0.05, 0) is 37.6 Å². The maximum Gasteiger partial charge on any atom is 0.0925 e. The monoisotopic (exact) mass is 131 g/mol. The Hall–Kier alpha value is -0.110. The van der Waals surface area contributed by atoms with E-state index in [0.29, 0.717) is 12.5 Å². The molecule has 1 fully saturated rings. The number of halogens is 1. The van der Waals surface area contributed by atoms with E-state index >= 15 is 0 Å². The Bertz CT molecular complexity index is 81.0. The van der Waals surface area contributed by atoms with Crippen LogP contribution in [0.1, 0.15) is 19.3 Å². The topological polar surface area (TPSA) is 26.0 Å². The van der Waals surface area contributed by atoms with Crippen molar-refractivity contribution in [1.29, 1.82) is 0 Å². The van der Waals surface area contributed by atoms with E-state index in [9.17, 15) is 4.39 Å². The molecule has 0 aromatic rings. The van der Waals surface area contributed by atoms with Crippen molar-refractivity contribution in [2.75, 3.05) is 13.2 Å². The molecule has 2 heteroatoms. The van der Waals surface area contributed by atoms with Crippen LogP contribution in [0.25, 0.3) is 0 Å². The van der Waals surface area contributed by atoms with Gasteiger partial charge in [0.2, 0.25) is 0 Å². The highest BCUT2D eigenvalue weighted by Crippen LogP contribution is 2.38. The minimum Gasteiger partial charge on any atom is -0.330 e. The van der Waals surface area contributed by atoms with Gasteiger partial charge in [-0.15, -0.1) is 0 Å². The van der Waals surface area contributed by atoms with E-state index in [0.717, 1.165) is 6.42 Å². The highest BCUT2D eigenvalue weighted by atomic mass is 19.1. The lowest BCUT2D eigenvalue weighted by Gasteiger charge is -2.08. The summed E-state index contributed by atoms with van der Waals surface area (Å²) in [6, 6.07) is 0. The van der Waals surface area contributed by atoms with Crippen molar-refractivity contribution in [3.05, 3.63) is 0 Å². The number of hydrogen-bond acceptors (Lipinski definition) is 1. The van der Waals surface area contributed by atoms with Crippen molar-refractivity contribution in [3.63, 3.8) is 0 Å². The van der Waals surface area contributed by atoms with E-state index in [1.54, 1.807) is 0 Å². The Morgan fingerprint density at radius 3 is 2.56 bits per heavy atom. The summed E-state index contributed by atoms with van der Waals surface area (Å²) in [5.74, 6) is 0.966. The van der Waals surface area contributed by atoms with E-state index in [1.807, 2.05) is 0 Å². The fraction of sp³-hybridized carbons (Fsp3) is 1.00. The van der Waals surface area contributed by atoms with Crippen molar-refractivity contribution in [2.45, 2.75) is 19.3 Å². The molecular weight excluding hydrogens is 117 g/mol. The lowest BCUT2D eigenvalue weighted by Crippen LogP contribution is -2.12. The van der Waals surface area contributed by atoms with Crippen LogP contribution in [-0.4, -0.2) is 13.2 Å². The number of hydrogen-bond donors (Lipinski definition) is 1. The molecule has 9 heavy (non-hydrogen) atoms. The minimum absolute atomic E-state index is 0.165. The zero-order chi connectivity index (χ0) is 6.69. The first-order valence-corrected chi connectivity index (χ1v) is 3.64. The quantitative estimate of drug-likeness (QED) is 0.612. The second kappa shape index (κ2) is 3.16. The van der Waals surface area contributed by atoms with E-state index in [4.69, 9.17) is 5.73 Å². The molecule has 1 unspecified atom stereocenters. The van der Waals surface area contributed by atoms with Gasteiger partial charge in [-0.25, -0.2) is 0 Å². The van der Waals surface area contributed by atoms with Crippen molar-refractivity contribution in [2.24, 2.45) is 17.6 Å². The van der Waals surface area contributed by atoms with Gasteiger partial charge in [0.05, 0.1) is 6.67 Å². The van der Waals surface area contributed by atoms with Crippen LogP contribution in [0, 0.1) is 11.8 Å². The lowest BCUT2D eigenvalue weighted by molar-refractivity contribution is 0.315. The molecule has 1 nitrogen and oxygen atoms in total. The second-order valence-electron chi connectivity index (χ2n) is 2.83. The molecule has 0 bridgehead atoms. The standard InChI is InChI=1S/C7H14FN/c8-5-7(3-4-9)6-1-2-6/h6-7H,1-5,9H2. The summed E-state index contributed by atoms with van der Waals surface area (Å²) in [6.45, 7) is 0.479. The third-order valence-corrected chi connectivity index (χ3v) is 2.02. The number of rotatable bonds is 4. The molecule has 1 aliphatic rings. The second-order valence-corrected chi connectivity index (χ2v) is 2.83. The molecule has 0 aliphatic heterocycles. The van der Waals surface area contributed by atoms with Crippen LogP contribution in [0.5, 0.6) is 0 Å². The summed E-state index contributed by atoms with van der Waals surface area (Å²) in [4.78, 5) is 0. The Morgan fingerprint density at radius 2 is 2.22 bits per heavy atom. The third-order valence-electron chi connectivity index (χ3n) is 2.02. The van der Waals surface area contributed by atoms with Crippen molar-refractivity contribution >= 4 is 0 Å². The molecular formula is C7H14FN. The first-order chi connectivity index (χ1) is 4.38. The molecule has 54 valence electrons. The summed E-state index contributed by atoms with van der Waals surface area (Å²) in [6.07, 6.45) is 3.34. The molecule has 2 N–H and O–H groups in total. The van der Waals surface area contributed by atoms with E-state index in [-0.39, 0.29) is 12.6 Å². The highest BCUT2D eigenvalue weighted by molar-refractivity contribution is 4.80. The fourth-order valence-corrected chi connectivity index (χ4v) is 1.22. The summed E-state index contributed by atoms with van der Waals surface area (Å²) in [5.41, 5.74) is 5.30. The van der Waals surface area contributed by atoms with Gasteiger partial charge in [-0.1, -0.05) is 0 Å². The molecule has 0 aromatic carbocycles. The average molecular weight is 131 g/mol. The van der Waals surface area contributed by atoms with Crippen LogP contribution in [0.3, 0.4) is 0 Å². The predicted octanol–water partition coefficient (Wildman–Crippen LogP) is 1.33. The van der Waals surface area contributed by atoms with Crippen LogP contribution in [-0.2, 0) is 0 Å². The van der Waals surface area contributed by atoms with Crippen LogP contribution in [0.2, 0.25) is 0 Å². The fourth-order valence-electron chi connectivity index (χ4n) is 1.22. The first-order valence-electron chi connectivity index (χ1n) is 3.64. The molecule has 0 radical (unpaired) electrons. The summed E-state index contributed by atoms with van der Waals surface area (Å²) in [7, 11) is 0. The molecule has 0 heterocycles. The first kappa shape index (κ1) is 7.00. The number of alkyl halides is 1. The predicted molar refractivity (Wildman–Crippen MR) is 35.9 cm³/mol. The van der Waals surface area contributed by atoms with Crippen molar-refractivity contribution < 1.29 is 4.39 Å². The van der Waals surface area contributed by atoms with Crippen molar-refractivity contribution in [1.82, 2.24) is 0 Å². The number of nitrogens with two attached hydrogens (primary N) is 1. The van der Waals surface area contributed by atoms with E-state index in [1.165, 1.54) is 12.8 Å².